The second kappa shape index (κ2) is 10.8. The normalized spacial score (nSPS) is 12.0. The fourth-order valence-corrected chi connectivity index (χ4v) is 3.32. The summed E-state index contributed by atoms with van der Waals surface area (Å²) in [7, 11) is 0. The number of nitrogens with one attached hydrogen (secondary N) is 2. The number of aromatic nitrogens is 1. The van der Waals surface area contributed by atoms with Crippen LogP contribution in [0.5, 0.6) is 0 Å². The van der Waals surface area contributed by atoms with Crippen LogP contribution in [0, 0.1) is 11.8 Å². The molecule has 2 aromatic rings. The number of aromatic amines is 1. The van der Waals surface area contributed by atoms with Gasteiger partial charge in [-0.05, 0) is 24.5 Å². The first kappa shape index (κ1) is 23.4. The van der Waals surface area contributed by atoms with E-state index in [1.54, 1.807) is 6.07 Å². The standard InChI is InChI=1S/C21H27ClN4O4/c1-13(2)9-15(21(30)25-26(20(29)12-22)8-7-19(23)28)11-18(27)17-10-14-5-3-4-6-16(14)24-17/h3-6,10,13,15,24H,7-9,11-12H2,1-2H3,(H2,23,28)(H,25,30)/t15-/m1/s1. The first-order valence-corrected chi connectivity index (χ1v) is 10.3. The van der Waals surface area contributed by atoms with Gasteiger partial charge in [0.2, 0.25) is 11.8 Å². The van der Waals surface area contributed by atoms with Crippen molar-refractivity contribution in [1.29, 1.82) is 0 Å². The van der Waals surface area contributed by atoms with Gasteiger partial charge in [0, 0.05) is 29.7 Å². The molecular weight excluding hydrogens is 408 g/mol. The number of para-hydroxylation sites is 1. The molecule has 2 rings (SSSR count). The maximum Gasteiger partial charge on any atom is 0.255 e. The number of rotatable bonds is 10. The fraction of sp³-hybridized carbons (Fsp3) is 0.429. The molecule has 1 heterocycles. The molecule has 0 aliphatic heterocycles. The van der Waals surface area contributed by atoms with Crippen molar-refractivity contribution in [2.45, 2.75) is 33.1 Å². The predicted molar refractivity (Wildman–Crippen MR) is 115 cm³/mol. The summed E-state index contributed by atoms with van der Waals surface area (Å²) in [4.78, 5) is 51.8. The molecule has 0 aliphatic rings. The third kappa shape index (κ3) is 6.59. The molecule has 8 nitrogen and oxygen atoms in total. The lowest BCUT2D eigenvalue weighted by Crippen LogP contribution is -2.50. The zero-order valence-electron chi connectivity index (χ0n) is 17.1. The summed E-state index contributed by atoms with van der Waals surface area (Å²) in [6.45, 7) is 3.81. The topological polar surface area (TPSA) is 125 Å². The van der Waals surface area contributed by atoms with E-state index >= 15 is 0 Å². The van der Waals surface area contributed by atoms with E-state index in [2.05, 4.69) is 10.4 Å². The quantitative estimate of drug-likeness (QED) is 0.301. The van der Waals surface area contributed by atoms with Gasteiger partial charge in [-0.15, -0.1) is 11.6 Å². The molecule has 0 spiro atoms. The number of halogens is 1. The zero-order chi connectivity index (χ0) is 22.3. The van der Waals surface area contributed by atoms with Crippen molar-refractivity contribution in [3.05, 3.63) is 36.0 Å². The minimum absolute atomic E-state index is 0.0183. The van der Waals surface area contributed by atoms with Crippen LogP contribution in [-0.4, -0.2) is 45.9 Å². The summed E-state index contributed by atoms with van der Waals surface area (Å²) < 4.78 is 0. The number of carbonyl (C=O) groups is 4. The number of hydrogen-bond acceptors (Lipinski definition) is 4. The van der Waals surface area contributed by atoms with Crippen molar-refractivity contribution in [2.24, 2.45) is 17.6 Å². The van der Waals surface area contributed by atoms with E-state index in [0.29, 0.717) is 12.1 Å². The summed E-state index contributed by atoms with van der Waals surface area (Å²) in [5.74, 6) is -2.69. The third-order valence-electron chi connectivity index (χ3n) is 4.63. The molecular formula is C21H27ClN4O4. The molecule has 30 heavy (non-hydrogen) atoms. The smallest absolute Gasteiger partial charge is 0.255 e. The molecule has 4 N–H and O–H groups in total. The summed E-state index contributed by atoms with van der Waals surface area (Å²) in [6.07, 6.45) is 0.317. The number of nitrogens with two attached hydrogens (primary N) is 1. The molecule has 1 atom stereocenters. The van der Waals surface area contributed by atoms with Crippen LogP contribution in [-0.2, 0) is 14.4 Å². The number of nitrogens with zero attached hydrogens (tertiary/aromatic N) is 1. The lowest BCUT2D eigenvalue weighted by atomic mass is 9.91. The van der Waals surface area contributed by atoms with Crippen LogP contribution in [0.3, 0.4) is 0 Å². The number of carbonyl (C=O) groups excluding carboxylic acids is 4. The number of hydrogen-bond donors (Lipinski definition) is 3. The first-order chi connectivity index (χ1) is 14.2. The highest BCUT2D eigenvalue weighted by Gasteiger charge is 2.27. The lowest BCUT2D eigenvalue weighted by Gasteiger charge is -2.25. The van der Waals surface area contributed by atoms with Gasteiger partial charge < -0.3 is 10.7 Å². The van der Waals surface area contributed by atoms with Crippen LogP contribution in [0.25, 0.3) is 10.9 Å². The van der Waals surface area contributed by atoms with Crippen LogP contribution >= 0.6 is 11.6 Å². The molecule has 0 bridgehead atoms. The van der Waals surface area contributed by atoms with Gasteiger partial charge in [-0.25, -0.2) is 0 Å². The Kier molecular flexibility index (Phi) is 8.41. The molecule has 3 amide bonds. The number of amides is 3. The number of Topliss-reactive ketones (excluding diaryl/α,β-unsaturated/α-hetero) is 1. The van der Waals surface area contributed by atoms with Gasteiger partial charge in [-0.2, -0.15) is 0 Å². The molecule has 162 valence electrons. The fourth-order valence-electron chi connectivity index (χ4n) is 3.17. The maximum atomic E-state index is 12.9. The largest absolute Gasteiger partial charge is 0.370 e. The minimum Gasteiger partial charge on any atom is -0.370 e. The average Bonchev–Trinajstić information content (AvgIpc) is 3.13. The van der Waals surface area contributed by atoms with E-state index < -0.39 is 23.6 Å². The van der Waals surface area contributed by atoms with Crippen LogP contribution in [0.15, 0.2) is 30.3 Å². The molecule has 0 aliphatic carbocycles. The Bertz CT molecular complexity index is 892. The third-order valence-corrected chi connectivity index (χ3v) is 4.86. The molecule has 0 radical (unpaired) electrons. The molecule has 0 unspecified atom stereocenters. The van der Waals surface area contributed by atoms with Gasteiger partial charge in [0.25, 0.3) is 5.91 Å². The van der Waals surface area contributed by atoms with Crippen molar-refractivity contribution in [2.75, 3.05) is 12.4 Å². The number of ketones is 1. The van der Waals surface area contributed by atoms with Crippen molar-refractivity contribution < 1.29 is 19.2 Å². The zero-order valence-corrected chi connectivity index (χ0v) is 17.9. The van der Waals surface area contributed by atoms with E-state index in [1.165, 1.54) is 0 Å². The first-order valence-electron chi connectivity index (χ1n) is 9.77. The van der Waals surface area contributed by atoms with Crippen LogP contribution in [0.4, 0.5) is 0 Å². The molecule has 0 fully saturated rings. The summed E-state index contributed by atoms with van der Waals surface area (Å²) in [5, 5.41) is 1.90. The van der Waals surface area contributed by atoms with Gasteiger partial charge >= 0.3 is 0 Å². The minimum atomic E-state index is -0.650. The number of benzene rings is 1. The van der Waals surface area contributed by atoms with Crippen LogP contribution in [0.1, 0.15) is 43.6 Å². The van der Waals surface area contributed by atoms with Crippen molar-refractivity contribution in [3.63, 3.8) is 0 Å². The SMILES string of the molecule is CC(C)C[C@H](CC(=O)c1cc2ccccc2[nH]1)C(=O)NN(CCC(N)=O)C(=O)CCl. The highest BCUT2D eigenvalue weighted by molar-refractivity contribution is 6.27. The van der Waals surface area contributed by atoms with Crippen LogP contribution < -0.4 is 11.2 Å². The Labute approximate surface area is 180 Å². The second-order valence-electron chi connectivity index (χ2n) is 7.60. The van der Waals surface area contributed by atoms with Crippen LogP contribution in [0.2, 0.25) is 0 Å². The summed E-state index contributed by atoms with van der Waals surface area (Å²) >= 11 is 5.60. The monoisotopic (exact) mass is 434 g/mol. The Morgan fingerprint density at radius 3 is 2.50 bits per heavy atom. The van der Waals surface area contributed by atoms with E-state index in [-0.39, 0.29) is 37.0 Å². The number of primary amides is 1. The Hall–Kier alpha value is -2.87. The highest BCUT2D eigenvalue weighted by Crippen LogP contribution is 2.21. The molecule has 1 aromatic heterocycles. The number of H-pyrrole nitrogens is 1. The Morgan fingerprint density at radius 2 is 1.90 bits per heavy atom. The van der Waals surface area contributed by atoms with Gasteiger partial charge in [0.05, 0.1) is 12.2 Å². The summed E-state index contributed by atoms with van der Waals surface area (Å²) in [5.41, 5.74) is 8.91. The maximum absolute atomic E-state index is 12.9. The van der Waals surface area contributed by atoms with Gasteiger partial charge in [0.1, 0.15) is 5.88 Å². The van der Waals surface area contributed by atoms with Gasteiger partial charge in [0.15, 0.2) is 5.78 Å². The van der Waals surface area contributed by atoms with Crippen molar-refractivity contribution in [3.8, 4) is 0 Å². The number of fused-ring (bicyclic) bond motifs is 1. The van der Waals surface area contributed by atoms with Gasteiger partial charge in [-0.1, -0.05) is 32.0 Å². The Balaban J connectivity index is 2.13. The number of hydrazine groups is 1. The molecule has 9 heteroatoms. The lowest BCUT2D eigenvalue weighted by molar-refractivity contribution is -0.142. The molecule has 1 aromatic carbocycles. The van der Waals surface area contributed by atoms with Gasteiger partial charge in [-0.3, -0.25) is 29.6 Å². The van der Waals surface area contributed by atoms with E-state index in [1.807, 2.05) is 38.1 Å². The van der Waals surface area contributed by atoms with E-state index in [4.69, 9.17) is 17.3 Å². The molecule has 0 saturated carbocycles. The highest BCUT2D eigenvalue weighted by atomic mass is 35.5. The number of alkyl halides is 1. The predicted octanol–water partition coefficient (Wildman–Crippen LogP) is 2.38. The second-order valence-corrected chi connectivity index (χ2v) is 7.86. The average molecular weight is 435 g/mol. The van der Waals surface area contributed by atoms with Crippen molar-refractivity contribution >= 4 is 46.0 Å². The van der Waals surface area contributed by atoms with Crippen molar-refractivity contribution in [1.82, 2.24) is 15.4 Å². The van der Waals surface area contributed by atoms with E-state index in [9.17, 15) is 19.2 Å². The Morgan fingerprint density at radius 1 is 1.20 bits per heavy atom. The van der Waals surface area contributed by atoms with E-state index in [0.717, 1.165) is 15.9 Å². The summed E-state index contributed by atoms with van der Waals surface area (Å²) in [6, 6.07) is 9.29. The molecule has 0 saturated heterocycles.